The largest absolute Gasteiger partial charge is 0.444 e. The highest BCUT2D eigenvalue weighted by Gasteiger charge is 2.09. The fourth-order valence-electron chi connectivity index (χ4n) is 1.77. The Labute approximate surface area is 111 Å². The molecule has 1 N–H and O–H groups in total. The first kappa shape index (κ1) is 13.7. The third kappa shape index (κ3) is 3.62. The maximum atomic E-state index is 13.0. The molecule has 0 amide bonds. The summed E-state index contributed by atoms with van der Waals surface area (Å²) >= 11 is 0. The molecule has 0 spiro atoms. The molecule has 19 heavy (non-hydrogen) atoms. The van der Waals surface area contributed by atoms with Crippen LogP contribution in [0.3, 0.4) is 0 Å². The summed E-state index contributed by atoms with van der Waals surface area (Å²) in [5, 5.41) is 3.18. The Kier molecular flexibility index (Phi) is 4.65. The van der Waals surface area contributed by atoms with Crippen molar-refractivity contribution in [3.8, 4) is 11.5 Å². The van der Waals surface area contributed by atoms with Crippen LogP contribution in [0.4, 0.5) is 4.39 Å². The van der Waals surface area contributed by atoms with Crippen LogP contribution in [0.25, 0.3) is 11.5 Å². The lowest BCUT2D eigenvalue weighted by molar-refractivity contribution is 0.199. The predicted molar refractivity (Wildman–Crippen MR) is 70.2 cm³/mol. The van der Waals surface area contributed by atoms with Crippen molar-refractivity contribution in [2.24, 2.45) is 0 Å². The van der Waals surface area contributed by atoms with Crippen molar-refractivity contribution in [1.29, 1.82) is 0 Å². The Hall–Kier alpha value is -1.72. The monoisotopic (exact) mass is 264 g/mol. The summed E-state index contributed by atoms with van der Waals surface area (Å²) in [5.41, 5.74) is 2.43. The molecule has 0 aliphatic heterocycles. The Morgan fingerprint density at radius 1 is 1.42 bits per heavy atom. The van der Waals surface area contributed by atoms with E-state index >= 15 is 0 Å². The fraction of sp³-hybridized carbons (Fsp3) is 0.357. The van der Waals surface area contributed by atoms with E-state index in [0.29, 0.717) is 19.0 Å². The molecule has 5 heteroatoms. The molecule has 102 valence electrons. The number of aryl methyl sites for hydroxylation is 1. The molecule has 0 saturated heterocycles. The summed E-state index contributed by atoms with van der Waals surface area (Å²) in [6.07, 6.45) is 1.61. The van der Waals surface area contributed by atoms with Crippen molar-refractivity contribution in [3.05, 3.63) is 41.5 Å². The van der Waals surface area contributed by atoms with Crippen molar-refractivity contribution in [1.82, 2.24) is 10.3 Å². The van der Waals surface area contributed by atoms with Crippen LogP contribution >= 0.6 is 0 Å². The molecule has 0 saturated carbocycles. The topological polar surface area (TPSA) is 47.3 Å². The van der Waals surface area contributed by atoms with Crippen molar-refractivity contribution in [2.45, 2.75) is 13.5 Å². The Morgan fingerprint density at radius 2 is 2.26 bits per heavy atom. The molecule has 0 aliphatic carbocycles. The quantitative estimate of drug-likeness (QED) is 0.814. The molecule has 2 rings (SSSR count). The number of oxazole rings is 1. The van der Waals surface area contributed by atoms with E-state index < -0.39 is 0 Å². The van der Waals surface area contributed by atoms with E-state index in [0.717, 1.165) is 23.4 Å². The number of nitrogens with zero attached hydrogens (tertiary/aromatic N) is 1. The highest BCUT2D eigenvalue weighted by atomic mass is 19.1. The number of ether oxygens (including phenoxy) is 1. The molecule has 1 aromatic carbocycles. The van der Waals surface area contributed by atoms with Crippen molar-refractivity contribution in [2.75, 3.05) is 20.3 Å². The van der Waals surface area contributed by atoms with Gasteiger partial charge in [-0.3, -0.25) is 0 Å². The molecule has 0 bridgehead atoms. The molecule has 2 aromatic rings. The number of rotatable bonds is 6. The van der Waals surface area contributed by atoms with Crippen molar-refractivity contribution in [3.63, 3.8) is 0 Å². The second kappa shape index (κ2) is 6.45. The normalized spacial score (nSPS) is 10.9. The first-order valence-corrected chi connectivity index (χ1v) is 6.11. The third-order valence-corrected chi connectivity index (χ3v) is 2.76. The third-order valence-electron chi connectivity index (χ3n) is 2.76. The van der Waals surface area contributed by atoms with Crippen LogP contribution < -0.4 is 5.32 Å². The fourth-order valence-corrected chi connectivity index (χ4v) is 1.77. The lowest BCUT2D eigenvalue weighted by Gasteiger charge is -2.01. The van der Waals surface area contributed by atoms with Gasteiger partial charge in [0.05, 0.1) is 12.3 Å². The first-order valence-electron chi connectivity index (χ1n) is 6.11. The van der Waals surface area contributed by atoms with Gasteiger partial charge in [-0.2, -0.15) is 0 Å². The molecule has 1 aromatic heterocycles. The van der Waals surface area contributed by atoms with Crippen LogP contribution in [-0.2, 0) is 11.3 Å². The molecule has 0 unspecified atom stereocenters. The number of hydrogen-bond donors (Lipinski definition) is 1. The Morgan fingerprint density at radius 3 is 3.00 bits per heavy atom. The number of aromatic nitrogens is 1. The lowest BCUT2D eigenvalue weighted by atomic mass is 10.1. The summed E-state index contributed by atoms with van der Waals surface area (Å²) in [4.78, 5) is 4.38. The van der Waals surface area contributed by atoms with E-state index in [1.54, 1.807) is 19.4 Å². The minimum atomic E-state index is -0.255. The number of benzene rings is 1. The van der Waals surface area contributed by atoms with Gasteiger partial charge < -0.3 is 14.5 Å². The molecule has 0 atom stereocenters. The van der Waals surface area contributed by atoms with Gasteiger partial charge in [0.25, 0.3) is 0 Å². The maximum Gasteiger partial charge on any atom is 0.226 e. The minimum absolute atomic E-state index is 0.255. The highest BCUT2D eigenvalue weighted by Crippen LogP contribution is 2.23. The zero-order valence-electron chi connectivity index (χ0n) is 11.1. The summed E-state index contributed by atoms with van der Waals surface area (Å²) in [6, 6.07) is 4.55. The Balaban J connectivity index is 2.04. The van der Waals surface area contributed by atoms with Gasteiger partial charge in [0.1, 0.15) is 12.1 Å². The molecule has 0 aliphatic rings. The molecule has 0 radical (unpaired) electrons. The van der Waals surface area contributed by atoms with Gasteiger partial charge in [-0.15, -0.1) is 0 Å². The number of hydrogen-bond acceptors (Lipinski definition) is 4. The molecular formula is C14H17FN2O2. The number of halogens is 1. The number of methoxy groups -OCH3 is 1. The van der Waals surface area contributed by atoms with Gasteiger partial charge in [-0.05, 0) is 30.7 Å². The van der Waals surface area contributed by atoms with Crippen LogP contribution in [-0.4, -0.2) is 25.2 Å². The molecule has 1 heterocycles. The second-order valence-corrected chi connectivity index (χ2v) is 4.27. The van der Waals surface area contributed by atoms with E-state index in [2.05, 4.69) is 10.3 Å². The van der Waals surface area contributed by atoms with Crippen molar-refractivity contribution < 1.29 is 13.5 Å². The van der Waals surface area contributed by atoms with Crippen LogP contribution in [0.5, 0.6) is 0 Å². The predicted octanol–water partition coefficient (Wildman–Crippen LogP) is 2.53. The Bertz CT molecular complexity index is 540. The van der Waals surface area contributed by atoms with Gasteiger partial charge in [-0.1, -0.05) is 0 Å². The zero-order valence-corrected chi connectivity index (χ0v) is 11.1. The average Bonchev–Trinajstić information content (AvgIpc) is 2.83. The molecular weight excluding hydrogens is 247 g/mol. The van der Waals surface area contributed by atoms with E-state index in [4.69, 9.17) is 9.15 Å². The summed E-state index contributed by atoms with van der Waals surface area (Å²) in [6.45, 7) is 3.86. The van der Waals surface area contributed by atoms with E-state index in [1.165, 1.54) is 12.1 Å². The zero-order chi connectivity index (χ0) is 13.7. The van der Waals surface area contributed by atoms with Gasteiger partial charge >= 0.3 is 0 Å². The van der Waals surface area contributed by atoms with Crippen LogP contribution in [0.2, 0.25) is 0 Å². The van der Waals surface area contributed by atoms with E-state index in [1.807, 2.05) is 6.92 Å². The SMILES string of the molecule is COCCNCc1coc(-c2ccc(F)cc2C)n1. The van der Waals surface area contributed by atoms with Crippen LogP contribution in [0, 0.1) is 12.7 Å². The minimum Gasteiger partial charge on any atom is -0.444 e. The summed E-state index contributed by atoms with van der Waals surface area (Å²) in [5.74, 6) is 0.260. The van der Waals surface area contributed by atoms with E-state index in [9.17, 15) is 4.39 Å². The van der Waals surface area contributed by atoms with Gasteiger partial charge in [0.15, 0.2) is 0 Å². The maximum absolute atomic E-state index is 13.0. The highest BCUT2D eigenvalue weighted by molar-refractivity contribution is 5.58. The first-order chi connectivity index (χ1) is 9.20. The van der Waals surface area contributed by atoms with Crippen LogP contribution in [0.15, 0.2) is 28.9 Å². The number of nitrogens with one attached hydrogen (secondary N) is 1. The van der Waals surface area contributed by atoms with Crippen molar-refractivity contribution >= 4 is 0 Å². The van der Waals surface area contributed by atoms with Gasteiger partial charge in [-0.25, -0.2) is 9.37 Å². The average molecular weight is 264 g/mol. The van der Waals surface area contributed by atoms with Crippen LogP contribution in [0.1, 0.15) is 11.3 Å². The molecule has 0 fully saturated rings. The standard InChI is InChI=1S/C14H17FN2O2/c1-10-7-11(15)3-4-13(10)14-17-12(9-19-14)8-16-5-6-18-2/h3-4,7,9,16H,5-6,8H2,1-2H3. The van der Waals surface area contributed by atoms with Gasteiger partial charge in [0.2, 0.25) is 5.89 Å². The van der Waals surface area contributed by atoms with E-state index in [-0.39, 0.29) is 5.82 Å². The summed E-state index contributed by atoms with van der Waals surface area (Å²) < 4.78 is 23.4. The second-order valence-electron chi connectivity index (χ2n) is 4.27. The summed E-state index contributed by atoms with van der Waals surface area (Å²) in [7, 11) is 1.66. The van der Waals surface area contributed by atoms with Gasteiger partial charge in [0, 0.05) is 25.8 Å². The molecule has 4 nitrogen and oxygen atoms in total. The smallest absolute Gasteiger partial charge is 0.226 e. The lowest BCUT2D eigenvalue weighted by Crippen LogP contribution is -2.18.